The van der Waals surface area contributed by atoms with E-state index >= 15 is 0 Å². The lowest BCUT2D eigenvalue weighted by Crippen LogP contribution is -2.40. The van der Waals surface area contributed by atoms with Gasteiger partial charge in [0.05, 0.1) is 12.0 Å². The highest BCUT2D eigenvalue weighted by molar-refractivity contribution is 5.82. The van der Waals surface area contributed by atoms with Gasteiger partial charge in [-0.25, -0.2) is 0 Å². The zero-order valence-electron chi connectivity index (χ0n) is 12.3. The van der Waals surface area contributed by atoms with E-state index in [1.165, 1.54) is 6.42 Å². The van der Waals surface area contributed by atoms with Crippen molar-refractivity contribution < 1.29 is 9.32 Å². The van der Waals surface area contributed by atoms with Gasteiger partial charge in [-0.3, -0.25) is 9.69 Å². The van der Waals surface area contributed by atoms with Crippen LogP contribution in [0.3, 0.4) is 0 Å². The van der Waals surface area contributed by atoms with Crippen molar-refractivity contribution in [2.45, 2.75) is 51.0 Å². The van der Waals surface area contributed by atoms with Crippen molar-refractivity contribution in [3.8, 4) is 0 Å². The van der Waals surface area contributed by atoms with Crippen LogP contribution in [0.15, 0.2) is 4.52 Å². The zero-order chi connectivity index (χ0) is 14.4. The fourth-order valence-electron chi connectivity index (χ4n) is 4.27. The number of rotatable bonds is 4. The summed E-state index contributed by atoms with van der Waals surface area (Å²) in [5.74, 6) is 2.29. The van der Waals surface area contributed by atoms with E-state index in [1.54, 1.807) is 0 Å². The second-order valence-electron chi connectivity index (χ2n) is 6.96. The summed E-state index contributed by atoms with van der Waals surface area (Å²) in [6.45, 7) is 2.35. The molecule has 6 nitrogen and oxygen atoms in total. The van der Waals surface area contributed by atoms with Crippen LogP contribution in [0, 0.1) is 11.3 Å². The number of fused-ring (bicyclic) bond motifs is 1. The van der Waals surface area contributed by atoms with Crippen molar-refractivity contribution in [3.63, 3.8) is 0 Å². The van der Waals surface area contributed by atoms with Gasteiger partial charge in [-0.05, 0) is 31.6 Å². The Bertz CT molecular complexity index is 554. The van der Waals surface area contributed by atoms with Gasteiger partial charge in [0, 0.05) is 19.0 Å². The fourth-order valence-corrected chi connectivity index (χ4v) is 4.27. The maximum Gasteiger partial charge on any atom is 0.229 e. The van der Waals surface area contributed by atoms with Crippen molar-refractivity contribution in [2.75, 3.05) is 13.1 Å². The highest BCUT2D eigenvalue weighted by Gasteiger charge is 2.53. The lowest BCUT2D eigenvalue weighted by Gasteiger charge is -2.24. The van der Waals surface area contributed by atoms with Crippen LogP contribution < -0.4 is 5.73 Å². The van der Waals surface area contributed by atoms with Crippen LogP contribution in [0.5, 0.6) is 0 Å². The van der Waals surface area contributed by atoms with Gasteiger partial charge in [-0.15, -0.1) is 0 Å². The van der Waals surface area contributed by atoms with E-state index in [9.17, 15) is 4.79 Å². The van der Waals surface area contributed by atoms with Gasteiger partial charge in [0.1, 0.15) is 0 Å². The predicted octanol–water partition coefficient (Wildman–Crippen LogP) is 1.42. The monoisotopic (exact) mass is 290 g/mol. The summed E-state index contributed by atoms with van der Waals surface area (Å²) in [6, 6.07) is 0. The van der Waals surface area contributed by atoms with Gasteiger partial charge in [0.25, 0.3) is 0 Å². The summed E-state index contributed by atoms with van der Waals surface area (Å²) >= 11 is 0. The van der Waals surface area contributed by atoms with Crippen LogP contribution in [0.25, 0.3) is 0 Å². The van der Waals surface area contributed by atoms with Gasteiger partial charge < -0.3 is 10.3 Å². The number of carbonyl (C=O) groups excluding carboxylic acids is 1. The molecule has 1 aromatic heterocycles. The molecule has 1 amide bonds. The highest BCUT2D eigenvalue weighted by atomic mass is 16.5. The van der Waals surface area contributed by atoms with Gasteiger partial charge in [-0.1, -0.05) is 18.0 Å². The number of carbonyl (C=O) groups is 1. The Kier molecular flexibility index (Phi) is 3.03. The van der Waals surface area contributed by atoms with Crippen molar-refractivity contribution in [3.05, 3.63) is 11.7 Å². The maximum absolute atomic E-state index is 11.9. The lowest BCUT2D eigenvalue weighted by molar-refractivity contribution is -0.128. The molecule has 2 heterocycles. The van der Waals surface area contributed by atoms with E-state index in [2.05, 4.69) is 15.0 Å². The average Bonchev–Trinajstić information content (AvgIpc) is 3.01. The first-order valence-electron chi connectivity index (χ1n) is 8.02. The normalized spacial score (nSPS) is 33.0. The summed E-state index contributed by atoms with van der Waals surface area (Å²) in [5.41, 5.74) is 5.38. The van der Waals surface area contributed by atoms with E-state index in [0.717, 1.165) is 56.9 Å². The molecule has 1 aromatic rings. The van der Waals surface area contributed by atoms with Gasteiger partial charge in [0.2, 0.25) is 11.8 Å². The minimum atomic E-state index is -0.305. The molecule has 3 fully saturated rings. The number of nitrogens with zero attached hydrogens (tertiary/aromatic N) is 3. The number of primary amides is 1. The zero-order valence-corrected chi connectivity index (χ0v) is 12.3. The van der Waals surface area contributed by atoms with Crippen molar-refractivity contribution in [1.29, 1.82) is 0 Å². The quantitative estimate of drug-likeness (QED) is 0.906. The molecule has 0 bridgehead atoms. The molecule has 2 aliphatic carbocycles. The summed E-state index contributed by atoms with van der Waals surface area (Å²) < 4.78 is 5.37. The molecule has 0 radical (unpaired) electrons. The number of hydrogen-bond donors (Lipinski definition) is 1. The van der Waals surface area contributed by atoms with E-state index in [4.69, 9.17) is 10.3 Å². The molecule has 2 N–H and O–H groups in total. The molecule has 0 aromatic carbocycles. The second-order valence-corrected chi connectivity index (χ2v) is 6.96. The van der Waals surface area contributed by atoms with E-state index in [0.29, 0.717) is 18.4 Å². The first-order chi connectivity index (χ1) is 10.2. The highest BCUT2D eigenvalue weighted by Crippen LogP contribution is 2.48. The number of nitrogens with two attached hydrogens (primary N) is 1. The standard InChI is InChI=1S/C15H22N4O2/c16-14(20)15-6-2-5-11(15)7-19(9-15)8-12-17-13(21-18-12)10-3-1-4-10/h10-11H,1-9H2,(H2,16,20)/t11-,15-/m0/s1. The first-order valence-corrected chi connectivity index (χ1v) is 8.02. The van der Waals surface area contributed by atoms with Crippen molar-refractivity contribution in [2.24, 2.45) is 17.1 Å². The predicted molar refractivity (Wildman–Crippen MR) is 75.1 cm³/mol. The van der Waals surface area contributed by atoms with Crippen LogP contribution in [-0.2, 0) is 11.3 Å². The molecule has 0 spiro atoms. The first kappa shape index (κ1) is 13.2. The molecule has 6 heteroatoms. The largest absolute Gasteiger partial charge is 0.369 e. The minimum Gasteiger partial charge on any atom is -0.369 e. The number of amides is 1. The summed E-state index contributed by atoms with van der Waals surface area (Å²) in [5, 5.41) is 4.10. The SMILES string of the molecule is NC(=O)[C@]12CCC[C@H]1CN(Cc1noc(C3CCC3)n1)C2. The van der Waals surface area contributed by atoms with Crippen molar-refractivity contribution >= 4 is 5.91 Å². The summed E-state index contributed by atoms with van der Waals surface area (Å²) in [7, 11) is 0. The molecular weight excluding hydrogens is 268 g/mol. The van der Waals surface area contributed by atoms with Crippen LogP contribution in [0.2, 0.25) is 0 Å². The van der Waals surface area contributed by atoms with Gasteiger partial charge >= 0.3 is 0 Å². The molecule has 114 valence electrons. The summed E-state index contributed by atoms with van der Waals surface area (Å²) in [6.07, 6.45) is 6.76. The molecular formula is C15H22N4O2. The third kappa shape index (κ3) is 2.08. The van der Waals surface area contributed by atoms with E-state index in [1.807, 2.05) is 0 Å². The third-order valence-electron chi connectivity index (χ3n) is 5.74. The minimum absolute atomic E-state index is 0.129. The number of hydrogen-bond acceptors (Lipinski definition) is 5. The fraction of sp³-hybridized carbons (Fsp3) is 0.800. The van der Waals surface area contributed by atoms with Crippen LogP contribution in [-0.4, -0.2) is 34.0 Å². The Labute approximate surface area is 124 Å². The number of likely N-dealkylation sites (tertiary alicyclic amines) is 1. The lowest BCUT2D eigenvalue weighted by atomic mass is 9.80. The molecule has 21 heavy (non-hydrogen) atoms. The van der Waals surface area contributed by atoms with Crippen LogP contribution in [0.4, 0.5) is 0 Å². The average molecular weight is 290 g/mol. The number of aromatic nitrogens is 2. The maximum atomic E-state index is 11.9. The summed E-state index contributed by atoms with van der Waals surface area (Å²) in [4.78, 5) is 18.7. The second kappa shape index (κ2) is 4.80. The Morgan fingerprint density at radius 3 is 2.90 bits per heavy atom. The molecule has 2 saturated carbocycles. The molecule has 4 rings (SSSR count). The smallest absolute Gasteiger partial charge is 0.229 e. The molecule has 3 aliphatic rings. The molecule has 1 saturated heterocycles. The Balaban J connectivity index is 1.44. The molecule has 0 unspecified atom stereocenters. The molecule has 1 aliphatic heterocycles. The van der Waals surface area contributed by atoms with Crippen molar-refractivity contribution in [1.82, 2.24) is 15.0 Å². The topological polar surface area (TPSA) is 85.3 Å². The Hall–Kier alpha value is -1.43. The molecule has 2 atom stereocenters. The van der Waals surface area contributed by atoms with Crippen LogP contribution >= 0.6 is 0 Å². The van der Waals surface area contributed by atoms with E-state index < -0.39 is 0 Å². The van der Waals surface area contributed by atoms with Gasteiger partial charge in [0.15, 0.2) is 5.82 Å². The Morgan fingerprint density at radius 1 is 1.38 bits per heavy atom. The van der Waals surface area contributed by atoms with Gasteiger partial charge in [-0.2, -0.15) is 4.98 Å². The third-order valence-corrected chi connectivity index (χ3v) is 5.74. The Morgan fingerprint density at radius 2 is 2.24 bits per heavy atom. The van der Waals surface area contributed by atoms with Crippen LogP contribution in [0.1, 0.15) is 56.2 Å². The van der Waals surface area contributed by atoms with E-state index in [-0.39, 0.29) is 11.3 Å².